The van der Waals surface area contributed by atoms with Crippen LogP contribution < -0.4 is 4.74 Å². The summed E-state index contributed by atoms with van der Waals surface area (Å²) in [7, 11) is 1.66. The Labute approximate surface area is 159 Å². The first-order valence-electron chi connectivity index (χ1n) is 8.94. The van der Waals surface area contributed by atoms with Gasteiger partial charge in [0, 0.05) is 21.7 Å². The molecule has 0 spiro atoms. The summed E-state index contributed by atoms with van der Waals surface area (Å²) in [4.78, 5) is 13.2. The van der Waals surface area contributed by atoms with Gasteiger partial charge in [0.1, 0.15) is 5.75 Å². The average molecular weight is 370 g/mol. The van der Waals surface area contributed by atoms with Gasteiger partial charge in [-0.2, -0.15) is 0 Å². The van der Waals surface area contributed by atoms with E-state index in [1.807, 2.05) is 29.7 Å². The zero-order valence-electron chi connectivity index (χ0n) is 15.7. The van der Waals surface area contributed by atoms with Crippen LogP contribution in [0.5, 0.6) is 5.75 Å². The van der Waals surface area contributed by atoms with Crippen molar-refractivity contribution in [3.63, 3.8) is 0 Å². The minimum atomic E-state index is -0.0373. The Hall–Kier alpha value is -2.26. The zero-order valence-corrected chi connectivity index (χ0v) is 16.4. The highest BCUT2D eigenvalue weighted by Crippen LogP contribution is 2.32. The Bertz CT molecular complexity index is 941. The van der Waals surface area contributed by atoms with Gasteiger partial charge in [-0.3, -0.25) is 9.36 Å². The van der Waals surface area contributed by atoms with E-state index in [0.29, 0.717) is 16.5 Å². The van der Waals surface area contributed by atoms with Crippen molar-refractivity contribution in [2.24, 2.45) is 5.92 Å². The summed E-state index contributed by atoms with van der Waals surface area (Å²) in [6, 6.07) is 12.9. The first kappa shape index (κ1) is 18.5. The summed E-state index contributed by atoms with van der Waals surface area (Å²) < 4.78 is 7.22. The monoisotopic (exact) mass is 369 g/mol. The van der Waals surface area contributed by atoms with Gasteiger partial charge in [0.2, 0.25) is 0 Å². The van der Waals surface area contributed by atoms with Gasteiger partial charge in [-0.25, -0.2) is 0 Å². The Morgan fingerprint density at radius 3 is 2.50 bits per heavy atom. The Kier molecular flexibility index (Phi) is 5.38. The second kappa shape index (κ2) is 7.55. The number of ether oxygens (including phenoxy) is 1. The lowest BCUT2D eigenvalue weighted by Crippen LogP contribution is -2.14. The molecule has 136 valence electrons. The van der Waals surface area contributed by atoms with Crippen LogP contribution in [-0.2, 0) is 6.42 Å². The third-order valence-electron chi connectivity index (χ3n) is 5.09. The largest absolute Gasteiger partial charge is 0.497 e. The van der Waals surface area contributed by atoms with E-state index in [1.165, 1.54) is 5.56 Å². The van der Waals surface area contributed by atoms with Crippen molar-refractivity contribution in [1.29, 1.82) is 0 Å². The first-order valence-corrected chi connectivity index (χ1v) is 9.32. The average Bonchev–Trinajstić information content (AvgIpc) is 2.92. The fourth-order valence-corrected chi connectivity index (χ4v) is 3.45. The molecule has 3 aromatic rings. The second-order valence-corrected chi connectivity index (χ2v) is 7.25. The van der Waals surface area contributed by atoms with E-state index in [2.05, 4.69) is 13.8 Å². The molecule has 0 saturated heterocycles. The van der Waals surface area contributed by atoms with Crippen molar-refractivity contribution in [2.75, 3.05) is 7.11 Å². The van der Waals surface area contributed by atoms with Crippen molar-refractivity contribution >= 4 is 28.4 Å². The number of carbonyl (C=O) groups is 1. The van der Waals surface area contributed by atoms with Gasteiger partial charge >= 0.3 is 0 Å². The number of methoxy groups -OCH3 is 1. The Morgan fingerprint density at radius 1 is 1.19 bits per heavy atom. The molecule has 4 heteroatoms. The number of hydrogen-bond donors (Lipinski definition) is 0. The summed E-state index contributed by atoms with van der Waals surface area (Å²) in [5.74, 6) is 1.31. The molecule has 2 aromatic carbocycles. The lowest BCUT2D eigenvalue weighted by Gasteiger charge is -2.10. The van der Waals surface area contributed by atoms with Crippen LogP contribution in [-0.4, -0.2) is 17.6 Å². The van der Waals surface area contributed by atoms with Crippen molar-refractivity contribution in [2.45, 2.75) is 33.6 Å². The fraction of sp³-hybridized carbons (Fsp3) is 0.318. The lowest BCUT2D eigenvalue weighted by molar-refractivity contribution is 0.0963. The molecule has 0 fully saturated rings. The molecular formula is C22H24ClNO2. The predicted octanol–water partition coefficient (Wildman–Crippen LogP) is 5.89. The highest BCUT2D eigenvalue weighted by molar-refractivity contribution is 6.30. The number of halogens is 1. The maximum Gasteiger partial charge on any atom is 0.262 e. The number of fused-ring (bicyclic) bond motifs is 1. The summed E-state index contributed by atoms with van der Waals surface area (Å²) in [6.07, 6.45) is 2.04. The minimum Gasteiger partial charge on any atom is -0.497 e. The molecule has 1 heterocycles. The van der Waals surface area contributed by atoms with Crippen LogP contribution in [0, 0.1) is 12.8 Å². The molecule has 0 saturated carbocycles. The van der Waals surface area contributed by atoms with Crippen LogP contribution >= 0.6 is 11.6 Å². The normalized spacial score (nSPS) is 12.3. The van der Waals surface area contributed by atoms with E-state index >= 15 is 0 Å². The predicted molar refractivity (Wildman–Crippen MR) is 108 cm³/mol. The van der Waals surface area contributed by atoms with E-state index in [4.69, 9.17) is 16.3 Å². The van der Waals surface area contributed by atoms with Crippen LogP contribution in [0.2, 0.25) is 5.02 Å². The molecule has 3 nitrogen and oxygen atoms in total. The third-order valence-corrected chi connectivity index (χ3v) is 5.34. The first-order chi connectivity index (χ1) is 12.5. The molecule has 1 atom stereocenters. The molecule has 26 heavy (non-hydrogen) atoms. The van der Waals surface area contributed by atoms with Gasteiger partial charge in [-0.05, 0) is 67.3 Å². The van der Waals surface area contributed by atoms with Crippen molar-refractivity contribution in [3.8, 4) is 5.75 Å². The highest BCUT2D eigenvalue weighted by Gasteiger charge is 2.21. The quantitative estimate of drug-likeness (QED) is 0.561. The Balaban J connectivity index is 2.19. The number of carbonyl (C=O) groups excluding carboxylic acids is 1. The molecule has 1 aromatic heterocycles. The maximum absolute atomic E-state index is 13.2. The summed E-state index contributed by atoms with van der Waals surface area (Å²) in [5, 5.41) is 1.71. The molecule has 0 bridgehead atoms. The molecule has 0 amide bonds. The fourth-order valence-electron chi connectivity index (χ4n) is 3.32. The molecule has 3 rings (SSSR count). The number of aromatic nitrogens is 1. The second-order valence-electron chi connectivity index (χ2n) is 6.81. The van der Waals surface area contributed by atoms with Crippen LogP contribution in [0.3, 0.4) is 0 Å². The molecule has 0 aliphatic rings. The number of rotatable bonds is 5. The SMILES string of the molecule is CCC(C)Cc1c(C)n(C(=O)c2ccc(Cl)cc2)c2ccc(OC)cc12. The standard InChI is InChI=1S/C22H24ClNO2/c1-5-14(2)12-19-15(3)24(21-11-10-18(26-4)13-20(19)21)22(25)16-6-8-17(23)9-7-16/h6-11,13-14H,5,12H2,1-4H3. The van der Waals surface area contributed by atoms with Gasteiger partial charge in [0.25, 0.3) is 5.91 Å². The van der Waals surface area contributed by atoms with E-state index in [-0.39, 0.29) is 5.91 Å². The number of benzene rings is 2. The van der Waals surface area contributed by atoms with Gasteiger partial charge in [-0.15, -0.1) is 0 Å². The summed E-state index contributed by atoms with van der Waals surface area (Å²) >= 11 is 5.97. The molecule has 0 N–H and O–H groups in total. The molecule has 0 aliphatic heterocycles. The Morgan fingerprint density at radius 2 is 1.88 bits per heavy atom. The van der Waals surface area contributed by atoms with E-state index in [9.17, 15) is 4.79 Å². The van der Waals surface area contributed by atoms with Crippen molar-refractivity contribution in [1.82, 2.24) is 4.57 Å². The van der Waals surface area contributed by atoms with E-state index in [0.717, 1.165) is 35.2 Å². The lowest BCUT2D eigenvalue weighted by atomic mass is 9.97. The van der Waals surface area contributed by atoms with E-state index in [1.54, 1.807) is 31.4 Å². The van der Waals surface area contributed by atoms with Gasteiger partial charge < -0.3 is 4.74 Å². The molecule has 0 radical (unpaired) electrons. The molecule has 1 unspecified atom stereocenters. The smallest absolute Gasteiger partial charge is 0.262 e. The van der Waals surface area contributed by atoms with Crippen molar-refractivity contribution in [3.05, 3.63) is 64.3 Å². The third kappa shape index (κ3) is 3.36. The highest BCUT2D eigenvalue weighted by atomic mass is 35.5. The number of nitrogens with zero attached hydrogens (tertiary/aromatic N) is 1. The molecule has 0 aliphatic carbocycles. The van der Waals surface area contributed by atoms with Crippen molar-refractivity contribution < 1.29 is 9.53 Å². The van der Waals surface area contributed by atoms with Crippen LogP contribution in [0.1, 0.15) is 41.9 Å². The minimum absolute atomic E-state index is 0.0373. The summed E-state index contributed by atoms with van der Waals surface area (Å²) in [6.45, 7) is 6.46. The van der Waals surface area contributed by atoms with Crippen LogP contribution in [0.25, 0.3) is 10.9 Å². The number of hydrogen-bond acceptors (Lipinski definition) is 2. The zero-order chi connectivity index (χ0) is 18.8. The van der Waals surface area contributed by atoms with Gasteiger partial charge in [0.15, 0.2) is 0 Å². The van der Waals surface area contributed by atoms with Crippen LogP contribution in [0.4, 0.5) is 0 Å². The topological polar surface area (TPSA) is 31.2 Å². The van der Waals surface area contributed by atoms with E-state index < -0.39 is 0 Å². The summed E-state index contributed by atoms with van der Waals surface area (Å²) in [5.41, 5.74) is 3.76. The van der Waals surface area contributed by atoms with Gasteiger partial charge in [-0.1, -0.05) is 31.9 Å². The molecular weight excluding hydrogens is 346 g/mol. The maximum atomic E-state index is 13.2. The van der Waals surface area contributed by atoms with Gasteiger partial charge in [0.05, 0.1) is 12.6 Å². The van der Waals surface area contributed by atoms with Crippen LogP contribution in [0.15, 0.2) is 42.5 Å².